The lowest BCUT2D eigenvalue weighted by atomic mass is 9.98. The number of benzene rings is 2. The number of hydrazone groups is 1. The van der Waals surface area contributed by atoms with E-state index < -0.39 is 11.6 Å². The SMILES string of the molecule is CC#CC(=O)N1CC[C@H](CC/C(C=O)=C(Nc2ccc(Pc3c(F)cccc3F)cc2)/C(N)=N\NC)C1. The number of likely N-dealkylation sites (tertiary alicyclic amines) is 1. The second-order valence-electron chi connectivity index (χ2n) is 8.48. The number of halogens is 2. The van der Waals surface area contributed by atoms with E-state index >= 15 is 0 Å². The highest BCUT2D eigenvalue weighted by molar-refractivity contribution is 7.55. The molecule has 0 radical (unpaired) electrons. The number of amides is 1. The van der Waals surface area contributed by atoms with Crippen molar-refractivity contribution in [3.63, 3.8) is 0 Å². The molecule has 0 aromatic heterocycles. The van der Waals surface area contributed by atoms with E-state index in [-0.39, 0.29) is 31.5 Å². The Balaban J connectivity index is 1.74. The van der Waals surface area contributed by atoms with Gasteiger partial charge in [-0.05, 0) is 67.6 Å². The van der Waals surface area contributed by atoms with Gasteiger partial charge in [-0.25, -0.2) is 8.78 Å². The number of hydrogen-bond donors (Lipinski definition) is 3. The molecule has 1 fully saturated rings. The molecule has 4 N–H and O–H groups in total. The van der Waals surface area contributed by atoms with Crippen LogP contribution in [-0.4, -0.2) is 43.1 Å². The first-order chi connectivity index (χ1) is 17.9. The predicted molar refractivity (Wildman–Crippen MR) is 145 cm³/mol. The summed E-state index contributed by atoms with van der Waals surface area (Å²) >= 11 is 0. The van der Waals surface area contributed by atoms with Gasteiger partial charge < -0.3 is 21.4 Å². The van der Waals surface area contributed by atoms with Gasteiger partial charge in [-0.3, -0.25) is 9.59 Å². The van der Waals surface area contributed by atoms with Gasteiger partial charge in [0.1, 0.15) is 17.9 Å². The van der Waals surface area contributed by atoms with E-state index in [4.69, 9.17) is 5.73 Å². The number of carbonyl (C=O) groups excluding carboxylic acids is 2. The molecule has 1 amide bonds. The fourth-order valence-corrected chi connectivity index (χ4v) is 5.10. The molecule has 2 aromatic carbocycles. The predicted octanol–water partition coefficient (Wildman–Crippen LogP) is 2.60. The summed E-state index contributed by atoms with van der Waals surface area (Å²) in [5.74, 6) is 4.23. The number of allylic oxidation sites excluding steroid dienone is 1. The third kappa shape index (κ3) is 7.61. The van der Waals surface area contributed by atoms with Crippen LogP contribution < -0.4 is 27.1 Å². The van der Waals surface area contributed by atoms with Crippen LogP contribution in [0.2, 0.25) is 0 Å². The molecule has 37 heavy (non-hydrogen) atoms. The van der Waals surface area contributed by atoms with Gasteiger partial charge in [-0.15, -0.1) is 0 Å². The summed E-state index contributed by atoms with van der Waals surface area (Å²) in [6.45, 7) is 2.89. The Morgan fingerprint density at radius 3 is 2.57 bits per heavy atom. The Bertz CT molecular complexity index is 1230. The lowest BCUT2D eigenvalue weighted by Crippen LogP contribution is -2.27. The van der Waals surface area contributed by atoms with Crippen LogP contribution in [0.15, 0.2) is 58.8 Å². The van der Waals surface area contributed by atoms with Gasteiger partial charge in [0, 0.05) is 36.7 Å². The summed E-state index contributed by atoms with van der Waals surface area (Å²) in [5.41, 5.74) is 10.3. The number of nitrogens with two attached hydrogens (primary N) is 1. The molecular weight excluding hydrogens is 495 g/mol. The molecule has 0 spiro atoms. The Hall–Kier alpha value is -3.76. The van der Waals surface area contributed by atoms with Crippen molar-refractivity contribution >= 4 is 42.9 Å². The second kappa shape index (κ2) is 13.5. The molecule has 1 aliphatic rings. The van der Waals surface area contributed by atoms with E-state index in [9.17, 15) is 18.4 Å². The molecule has 1 heterocycles. The molecule has 0 saturated carbocycles. The summed E-state index contributed by atoms with van der Waals surface area (Å²) in [4.78, 5) is 25.8. The maximum absolute atomic E-state index is 14.0. The van der Waals surface area contributed by atoms with Crippen molar-refractivity contribution in [2.45, 2.75) is 26.2 Å². The first-order valence-electron chi connectivity index (χ1n) is 11.8. The first-order valence-corrected chi connectivity index (χ1v) is 12.8. The third-order valence-corrected chi connectivity index (χ3v) is 7.31. The van der Waals surface area contributed by atoms with Crippen molar-refractivity contribution in [3.8, 4) is 11.8 Å². The number of carbonyl (C=O) groups is 2. The fourth-order valence-electron chi connectivity index (χ4n) is 4.07. The summed E-state index contributed by atoms with van der Waals surface area (Å²) in [7, 11) is 1.42. The molecule has 3 rings (SSSR count). The fraction of sp³-hybridized carbons (Fsp3) is 0.296. The van der Waals surface area contributed by atoms with E-state index in [1.54, 1.807) is 43.1 Å². The van der Waals surface area contributed by atoms with Gasteiger partial charge in [-0.1, -0.05) is 32.7 Å². The summed E-state index contributed by atoms with van der Waals surface area (Å²) < 4.78 is 28.0. The van der Waals surface area contributed by atoms with E-state index in [0.717, 1.165) is 18.0 Å². The molecule has 2 atom stereocenters. The zero-order valence-electron chi connectivity index (χ0n) is 20.8. The molecule has 10 heteroatoms. The van der Waals surface area contributed by atoms with Crippen LogP contribution in [0.25, 0.3) is 0 Å². The third-order valence-electron chi connectivity index (χ3n) is 5.97. The Morgan fingerprint density at radius 1 is 1.24 bits per heavy atom. The summed E-state index contributed by atoms with van der Waals surface area (Å²) in [6, 6.07) is 10.9. The first kappa shape index (κ1) is 27.8. The zero-order chi connectivity index (χ0) is 26.8. The van der Waals surface area contributed by atoms with Crippen molar-refractivity contribution in [2.75, 3.05) is 25.5 Å². The highest BCUT2D eigenvalue weighted by Crippen LogP contribution is 2.25. The standard InChI is InChI=1S/C27H30F2N5O2P/c1-3-5-24(36)34-15-14-18(16-34)8-9-19(17-35)25(27(30)33-31-2)32-20-10-12-21(13-11-20)37-26-22(28)6-4-7-23(26)29/h4,6-7,10-13,17-18,31-32,37H,8-9,14-16H2,1-2H3,(H2,30,33)/b25-19+/t18-/m0/s1. The number of rotatable bonds is 10. The lowest BCUT2D eigenvalue weighted by molar-refractivity contribution is -0.124. The topological polar surface area (TPSA) is 99.8 Å². The number of nitrogens with zero attached hydrogens (tertiary/aromatic N) is 2. The van der Waals surface area contributed by atoms with Gasteiger partial charge in [0.25, 0.3) is 5.91 Å². The molecule has 2 aromatic rings. The lowest BCUT2D eigenvalue weighted by Gasteiger charge is -2.16. The monoisotopic (exact) mass is 525 g/mol. The zero-order valence-corrected chi connectivity index (χ0v) is 21.8. The molecule has 0 aliphatic carbocycles. The number of aldehydes is 1. The molecular formula is C27H30F2N5O2P. The van der Waals surface area contributed by atoms with Gasteiger partial charge in [-0.2, -0.15) is 5.10 Å². The molecule has 1 aliphatic heterocycles. The van der Waals surface area contributed by atoms with Crippen LogP contribution >= 0.6 is 8.58 Å². The van der Waals surface area contributed by atoms with Crippen molar-refractivity contribution in [3.05, 3.63) is 65.4 Å². The second-order valence-corrected chi connectivity index (χ2v) is 9.81. The van der Waals surface area contributed by atoms with E-state index in [1.807, 2.05) is 0 Å². The van der Waals surface area contributed by atoms with Gasteiger partial charge >= 0.3 is 0 Å². The van der Waals surface area contributed by atoms with Crippen LogP contribution in [0, 0.1) is 29.4 Å². The van der Waals surface area contributed by atoms with Crippen LogP contribution in [-0.2, 0) is 9.59 Å². The molecule has 7 nitrogen and oxygen atoms in total. The van der Waals surface area contributed by atoms with Crippen LogP contribution in [0.3, 0.4) is 0 Å². The van der Waals surface area contributed by atoms with Gasteiger partial charge in [0.15, 0.2) is 5.84 Å². The van der Waals surface area contributed by atoms with Crippen molar-refractivity contribution in [1.82, 2.24) is 10.3 Å². The molecule has 1 unspecified atom stereocenters. The molecule has 0 bridgehead atoms. The van der Waals surface area contributed by atoms with Crippen molar-refractivity contribution in [2.24, 2.45) is 16.8 Å². The molecule has 194 valence electrons. The summed E-state index contributed by atoms with van der Waals surface area (Å²) in [6.07, 6.45) is 2.75. The highest BCUT2D eigenvalue weighted by atomic mass is 31.1. The van der Waals surface area contributed by atoms with Crippen LogP contribution in [0.1, 0.15) is 26.2 Å². The van der Waals surface area contributed by atoms with Gasteiger partial charge in [0.2, 0.25) is 0 Å². The van der Waals surface area contributed by atoms with Gasteiger partial charge in [0.05, 0.1) is 5.70 Å². The normalized spacial score (nSPS) is 16.3. The largest absolute Gasteiger partial charge is 0.381 e. The Morgan fingerprint density at radius 2 is 1.95 bits per heavy atom. The number of anilines is 1. The number of hydrogen-bond acceptors (Lipinski definition) is 5. The Labute approximate surface area is 217 Å². The van der Waals surface area contributed by atoms with E-state index in [2.05, 4.69) is 27.7 Å². The smallest absolute Gasteiger partial charge is 0.298 e. The highest BCUT2D eigenvalue weighted by Gasteiger charge is 2.26. The minimum absolute atomic E-state index is 0.0337. The van der Waals surface area contributed by atoms with Crippen molar-refractivity contribution < 1.29 is 18.4 Å². The van der Waals surface area contributed by atoms with Crippen LogP contribution in [0.5, 0.6) is 0 Å². The maximum atomic E-state index is 14.0. The van der Waals surface area contributed by atoms with Crippen molar-refractivity contribution in [1.29, 1.82) is 0 Å². The number of amidine groups is 1. The van der Waals surface area contributed by atoms with E-state index in [0.29, 0.717) is 42.9 Å². The minimum Gasteiger partial charge on any atom is -0.381 e. The maximum Gasteiger partial charge on any atom is 0.298 e. The quantitative estimate of drug-likeness (QED) is 0.0843. The minimum atomic E-state index is -0.578. The Kier molecular flexibility index (Phi) is 10.2. The van der Waals surface area contributed by atoms with Crippen LogP contribution in [0.4, 0.5) is 14.5 Å². The molecule has 1 saturated heterocycles. The van der Waals surface area contributed by atoms with E-state index in [1.165, 1.54) is 18.2 Å². The average molecular weight is 526 g/mol. The average Bonchev–Trinajstić information content (AvgIpc) is 3.36. The number of nitrogens with one attached hydrogen (secondary N) is 2. The summed E-state index contributed by atoms with van der Waals surface area (Å²) in [5, 5.41) is 7.99.